The number of nitrogens with zero attached hydrogens (tertiary/aromatic N) is 2. The molecule has 1 saturated heterocycles. The molecule has 1 aliphatic rings. The Balaban J connectivity index is 2.22. The minimum atomic E-state index is 0.182. The smallest absolute Gasteiger partial charge is 0.236 e. The highest BCUT2D eigenvalue weighted by Crippen LogP contribution is 2.19. The maximum absolute atomic E-state index is 12.2. The highest BCUT2D eigenvalue weighted by atomic mass is 16.2. The van der Waals surface area contributed by atoms with Gasteiger partial charge in [0.25, 0.3) is 0 Å². The van der Waals surface area contributed by atoms with E-state index >= 15 is 0 Å². The summed E-state index contributed by atoms with van der Waals surface area (Å²) in [4.78, 5) is 16.5. The van der Waals surface area contributed by atoms with E-state index < -0.39 is 0 Å². The highest BCUT2D eigenvalue weighted by Gasteiger charge is 2.24. The third-order valence-electron chi connectivity index (χ3n) is 3.84. The fourth-order valence-corrected chi connectivity index (χ4v) is 2.42. The fourth-order valence-electron chi connectivity index (χ4n) is 2.42. The normalized spacial score (nSPS) is 18.4. The van der Waals surface area contributed by atoms with Crippen molar-refractivity contribution in [2.45, 2.75) is 59.9 Å². The number of nitrogens with one attached hydrogen (secondary N) is 1. The third-order valence-corrected chi connectivity index (χ3v) is 3.84. The van der Waals surface area contributed by atoms with Crippen LogP contribution in [0.4, 0.5) is 0 Å². The van der Waals surface area contributed by atoms with Crippen molar-refractivity contribution in [1.82, 2.24) is 15.1 Å². The Labute approximate surface area is 131 Å². The van der Waals surface area contributed by atoms with E-state index in [1.54, 1.807) is 0 Å². The van der Waals surface area contributed by atoms with Crippen molar-refractivity contribution in [3.63, 3.8) is 0 Å². The van der Waals surface area contributed by atoms with Crippen LogP contribution in [0, 0.1) is 5.41 Å². The largest absolute Gasteiger partial charge is 0.340 e. The summed E-state index contributed by atoms with van der Waals surface area (Å²) in [6.45, 7) is 18.7. The molecule has 4 heteroatoms. The van der Waals surface area contributed by atoms with E-state index in [4.69, 9.17) is 0 Å². The van der Waals surface area contributed by atoms with Crippen molar-refractivity contribution < 1.29 is 4.79 Å². The average molecular weight is 297 g/mol. The molecular formula is C17H35N3O. The van der Waals surface area contributed by atoms with Gasteiger partial charge in [0.15, 0.2) is 0 Å². The van der Waals surface area contributed by atoms with E-state index in [2.05, 4.69) is 51.8 Å². The monoisotopic (exact) mass is 297 g/mol. The molecule has 0 bridgehead atoms. The second-order valence-corrected chi connectivity index (χ2v) is 8.50. The summed E-state index contributed by atoms with van der Waals surface area (Å²) in [5.74, 6) is 0.300. The summed E-state index contributed by atoms with van der Waals surface area (Å²) in [6, 6.07) is 0. The van der Waals surface area contributed by atoms with Gasteiger partial charge in [-0.2, -0.15) is 0 Å². The highest BCUT2D eigenvalue weighted by molar-refractivity contribution is 5.79. The van der Waals surface area contributed by atoms with Crippen LogP contribution in [-0.2, 0) is 4.79 Å². The van der Waals surface area contributed by atoms with E-state index in [0.29, 0.717) is 17.9 Å². The molecule has 1 N–H and O–H groups in total. The molecule has 0 aromatic heterocycles. The van der Waals surface area contributed by atoms with Gasteiger partial charge in [0.05, 0.1) is 6.54 Å². The van der Waals surface area contributed by atoms with Crippen molar-refractivity contribution in [2.75, 3.05) is 39.3 Å². The Morgan fingerprint density at radius 1 is 1.05 bits per heavy atom. The Kier molecular flexibility index (Phi) is 6.67. The summed E-state index contributed by atoms with van der Waals surface area (Å²) >= 11 is 0. The van der Waals surface area contributed by atoms with Gasteiger partial charge in [0.2, 0.25) is 5.91 Å². The van der Waals surface area contributed by atoms with Crippen molar-refractivity contribution >= 4 is 5.91 Å². The summed E-state index contributed by atoms with van der Waals surface area (Å²) < 4.78 is 0. The van der Waals surface area contributed by atoms with Gasteiger partial charge in [-0.15, -0.1) is 0 Å². The number of hydrogen-bond acceptors (Lipinski definition) is 3. The fraction of sp³-hybridized carbons (Fsp3) is 0.941. The molecule has 0 unspecified atom stereocenters. The summed E-state index contributed by atoms with van der Waals surface area (Å²) in [7, 11) is 0. The molecule has 1 aliphatic heterocycles. The van der Waals surface area contributed by atoms with Crippen LogP contribution in [0.15, 0.2) is 0 Å². The van der Waals surface area contributed by atoms with Crippen LogP contribution in [-0.4, -0.2) is 60.5 Å². The SMILES string of the molecule is CC(C)(C)CCN1CCN(CCCNC(C)(C)C)CC1=O. The lowest BCUT2D eigenvalue weighted by Crippen LogP contribution is -2.51. The maximum Gasteiger partial charge on any atom is 0.236 e. The molecular weight excluding hydrogens is 262 g/mol. The first kappa shape index (κ1) is 18.4. The van der Waals surface area contributed by atoms with E-state index in [0.717, 1.165) is 45.6 Å². The first-order valence-corrected chi connectivity index (χ1v) is 8.32. The first-order chi connectivity index (χ1) is 9.57. The third kappa shape index (κ3) is 8.42. The zero-order chi connectivity index (χ0) is 16.1. The number of hydrogen-bond donors (Lipinski definition) is 1. The van der Waals surface area contributed by atoms with E-state index in [1.165, 1.54) is 0 Å². The molecule has 0 aromatic rings. The molecule has 4 nitrogen and oxygen atoms in total. The van der Waals surface area contributed by atoms with Crippen molar-refractivity contribution in [1.29, 1.82) is 0 Å². The van der Waals surface area contributed by atoms with Gasteiger partial charge in [-0.05, 0) is 52.1 Å². The second kappa shape index (κ2) is 7.59. The van der Waals surface area contributed by atoms with Gasteiger partial charge in [-0.25, -0.2) is 0 Å². The van der Waals surface area contributed by atoms with Crippen molar-refractivity contribution in [3.8, 4) is 0 Å². The Bertz CT molecular complexity index is 328. The van der Waals surface area contributed by atoms with E-state index in [-0.39, 0.29) is 5.54 Å². The van der Waals surface area contributed by atoms with Gasteiger partial charge in [0.1, 0.15) is 0 Å². The van der Waals surface area contributed by atoms with Crippen molar-refractivity contribution in [2.24, 2.45) is 5.41 Å². The molecule has 0 aromatic carbocycles. The molecule has 21 heavy (non-hydrogen) atoms. The van der Waals surface area contributed by atoms with Crippen LogP contribution in [0.3, 0.4) is 0 Å². The number of piperazine rings is 1. The minimum absolute atomic E-state index is 0.182. The number of rotatable bonds is 6. The van der Waals surface area contributed by atoms with Gasteiger partial charge in [0, 0.05) is 25.2 Å². The molecule has 0 saturated carbocycles. The summed E-state index contributed by atoms with van der Waals surface area (Å²) in [5.41, 5.74) is 0.484. The molecule has 1 rings (SSSR count). The summed E-state index contributed by atoms with van der Waals surface area (Å²) in [6.07, 6.45) is 2.18. The lowest BCUT2D eigenvalue weighted by molar-refractivity contribution is -0.136. The van der Waals surface area contributed by atoms with Gasteiger partial charge < -0.3 is 10.2 Å². The number of amides is 1. The zero-order valence-corrected chi connectivity index (χ0v) is 15.0. The lowest BCUT2D eigenvalue weighted by Gasteiger charge is -2.35. The Hall–Kier alpha value is -0.610. The number of carbonyl (C=O) groups is 1. The van der Waals surface area contributed by atoms with E-state index in [1.807, 2.05) is 4.90 Å². The van der Waals surface area contributed by atoms with Crippen LogP contribution in [0.2, 0.25) is 0 Å². The van der Waals surface area contributed by atoms with Crippen LogP contribution in [0.1, 0.15) is 54.4 Å². The zero-order valence-electron chi connectivity index (χ0n) is 15.0. The summed E-state index contributed by atoms with van der Waals surface area (Å²) in [5, 5.41) is 3.50. The predicted molar refractivity (Wildman–Crippen MR) is 89.5 cm³/mol. The topological polar surface area (TPSA) is 35.6 Å². The molecule has 0 aliphatic carbocycles. The molecule has 0 atom stereocenters. The lowest BCUT2D eigenvalue weighted by atomic mass is 9.92. The van der Waals surface area contributed by atoms with Crippen LogP contribution in [0.25, 0.3) is 0 Å². The van der Waals surface area contributed by atoms with E-state index in [9.17, 15) is 4.79 Å². The van der Waals surface area contributed by atoms with Crippen LogP contribution in [0.5, 0.6) is 0 Å². The van der Waals surface area contributed by atoms with Gasteiger partial charge in [-0.3, -0.25) is 9.69 Å². The number of carbonyl (C=O) groups excluding carboxylic acids is 1. The molecule has 0 spiro atoms. The quantitative estimate of drug-likeness (QED) is 0.764. The first-order valence-electron chi connectivity index (χ1n) is 8.32. The maximum atomic E-state index is 12.2. The standard InChI is InChI=1S/C17H35N3O/c1-16(2,3)8-11-20-13-12-19(14-15(20)21)10-7-9-18-17(4,5)6/h18H,7-14H2,1-6H3. The molecule has 1 heterocycles. The van der Waals surface area contributed by atoms with Crippen molar-refractivity contribution in [3.05, 3.63) is 0 Å². The molecule has 124 valence electrons. The van der Waals surface area contributed by atoms with Crippen LogP contribution >= 0.6 is 0 Å². The molecule has 1 amide bonds. The molecule has 1 fully saturated rings. The van der Waals surface area contributed by atoms with Gasteiger partial charge >= 0.3 is 0 Å². The van der Waals surface area contributed by atoms with Gasteiger partial charge in [-0.1, -0.05) is 20.8 Å². The predicted octanol–water partition coefficient (Wildman–Crippen LogP) is 2.34. The molecule has 0 radical (unpaired) electrons. The Morgan fingerprint density at radius 3 is 2.24 bits per heavy atom. The Morgan fingerprint density at radius 2 is 1.71 bits per heavy atom. The minimum Gasteiger partial charge on any atom is -0.340 e. The van der Waals surface area contributed by atoms with Crippen LogP contribution < -0.4 is 5.32 Å². The average Bonchev–Trinajstić information content (AvgIpc) is 2.31. The second-order valence-electron chi connectivity index (χ2n) is 8.50.